The first-order chi connectivity index (χ1) is 15.0. The number of thioether (sulfide) groups is 1. The third-order valence-electron chi connectivity index (χ3n) is 4.91. The molecular formula is C24H29NO5S. The van der Waals surface area contributed by atoms with Crippen molar-refractivity contribution in [1.29, 1.82) is 0 Å². The van der Waals surface area contributed by atoms with Gasteiger partial charge in [-0.1, -0.05) is 62.4 Å². The molecule has 0 aromatic heterocycles. The Morgan fingerprint density at radius 1 is 0.935 bits per heavy atom. The van der Waals surface area contributed by atoms with Crippen LogP contribution in [0.2, 0.25) is 0 Å². The molecule has 3 N–H and O–H groups in total. The summed E-state index contributed by atoms with van der Waals surface area (Å²) >= 11 is 0.769. The van der Waals surface area contributed by atoms with Crippen molar-refractivity contribution in [3.63, 3.8) is 0 Å². The lowest BCUT2D eigenvalue weighted by Gasteiger charge is -2.12. The Bertz CT molecular complexity index is 925. The predicted molar refractivity (Wildman–Crippen MR) is 126 cm³/mol. The van der Waals surface area contributed by atoms with Crippen LogP contribution in [0.25, 0.3) is 16.8 Å². The number of unbranched alkanes of at least 4 members (excludes halogenated alkanes) is 6. The van der Waals surface area contributed by atoms with Crippen LogP contribution < -0.4 is 10.5 Å². The minimum absolute atomic E-state index is 0.191. The normalized spacial score (nSPS) is 11.4. The van der Waals surface area contributed by atoms with E-state index in [0.29, 0.717) is 12.2 Å². The number of aliphatic carboxylic acids is 1. The van der Waals surface area contributed by atoms with E-state index in [1.807, 2.05) is 36.4 Å². The van der Waals surface area contributed by atoms with E-state index in [0.717, 1.165) is 78.8 Å². The van der Waals surface area contributed by atoms with Crippen LogP contribution in [0.1, 0.15) is 56.9 Å². The van der Waals surface area contributed by atoms with Gasteiger partial charge in [0, 0.05) is 11.8 Å². The zero-order valence-corrected chi connectivity index (χ0v) is 18.4. The van der Waals surface area contributed by atoms with E-state index < -0.39 is 11.9 Å². The van der Waals surface area contributed by atoms with Crippen LogP contribution in [0.3, 0.4) is 0 Å². The molecule has 0 heterocycles. The number of nitrogens with two attached hydrogens (primary N) is 1. The lowest BCUT2D eigenvalue weighted by atomic mass is 10.0. The molecule has 0 aliphatic rings. The molecule has 2 aromatic carbocycles. The summed E-state index contributed by atoms with van der Waals surface area (Å²) in [5, 5.41) is 10.5. The van der Waals surface area contributed by atoms with Gasteiger partial charge in [0.15, 0.2) is 5.62 Å². The van der Waals surface area contributed by atoms with E-state index in [-0.39, 0.29) is 11.3 Å². The van der Waals surface area contributed by atoms with Crippen molar-refractivity contribution in [2.24, 2.45) is 5.73 Å². The second kappa shape index (κ2) is 13.5. The van der Waals surface area contributed by atoms with Crippen molar-refractivity contribution in [2.75, 3.05) is 6.61 Å². The molecule has 0 aliphatic carbocycles. The van der Waals surface area contributed by atoms with Crippen molar-refractivity contribution < 1.29 is 24.2 Å². The van der Waals surface area contributed by atoms with E-state index in [1.54, 1.807) is 6.08 Å². The quantitative estimate of drug-likeness (QED) is 0.223. The number of carbonyl (C=O) groups is 3. The maximum absolute atomic E-state index is 11.6. The maximum Gasteiger partial charge on any atom is 0.303 e. The molecule has 0 fully saturated rings. The van der Waals surface area contributed by atoms with Crippen LogP contribution >= 0.6 is 11.8 Å². The number of carboxylic acids is 1. The Labute approximate surface area is 186 Å². The molecule has 0 saturated heterocycles. The average molecular weight is 444 g/mol. The smallest absolute Gasteiger partial charge is 0.303 e. The molecule has 0 saturated carbocycles. The number of ether oxygens (including phenoxy) is 1. The second-order valence-electron chi connectivity index (χ2n) is 7.25. The molecule has 0 bridgehead atoms. The molecule has 31 heavy (non-hydrogen) atoms. The summed E-state index contributed by atoms with van der Waals surface area (Å²) in [5.41, 5.74) is 6.75. The van der Waals surface area contributed by atoms with Crippen molar-refractivity contribution in [2.45, 2.75) is 51.4 Å². The van der Waals surface area contributed by atoms with Gasteiger partial charge in [-0.2, -0.15) is 0 Å². The van der Waals surface area contributed by atoms with Gasteiger partial charge in [0.05, 0.1) is 11.5 Å². The molecular weight excluding hydrogens is 414 g/mol. The van der Waals surface area contributed by atoms with Gasteiger partial charge in [0.1, 0.15) is 5.75 Å². The Kier molecular flexibility index (Phi) is 10.6. The highest BCUT2D eigenvalue weighted by molar-refractivity contribution is 8.16. The number of carbonyl (C=O) groups excluding carboxylic acids is 2. The van der Waals surface area contributed by atoms with Gasteiger partial charge in [-0.05, 0) is 47.7 Å². The van der Waals surface area contributed by atoms with Gasteiger partial charge in [-0.3, -0.25) is 14.4 Å². The number of carboxylic acid groups (broad SMARTS) is 1. The number of hydrogen-bond donors (Lipinski definition) is 2. The molecule has 0 unspecified atom stereocenters. The first-order valence-corrected chi connectivity index (χ1v) is 11.4. The first-order valence-electron chi connectivity index (χ1n) is 10.5. The van der Waals surface area contributed by atoms with E-state index in [2.05, 4.69) is 0 Å². The fraction of sp³-hybridized carbons (Fsp3) is 0.375. The third kappa shape index (κ3) is 8.45. The number of rotatable bonds is 15. The van der Waals surface area contributed by atoms with Gasteiger partial charge >= 0.3 is 5.97 Å². The number of benzene rings is 2. The third-order valence-corrected chi connectivity index (χ3v) is 5.58. The molecule has 0 aliphatic heterocycles. The molecule has 7 heteroatoms. The zero-order valence-electron chi connectivity index (χ0n) is 17.5. The van der Waals surface area contributed by atoms with Crippen LogP contribution in [-0.4, -0.2) is 29.2 Å². The topological polar surface area (TPSA) is 107 Å². The summed E-state index contributed by atoms with van der Waals surface area (Å²) in [5.74, 6) is -0.574. The first kappa shape index (κ1) is 24.5. The van der Waals surface area contributed by atoms with Crippen LogP contribution in [0, 0.1) is 0 Å². The van der Waals surface area contributed by atoms with E-state index in [1.165, 1.54) is 0 Å². The number of primary amides is 1. The summed E-state index contributed by atoms with van der Waals surface area (Å²) in [6.45, 7) is 0.617. The van der Waals surface area contributed by atoms with Gasteiger partial charge < -0.3 is 15.6 Å². The molecule has 1 amide bonds. The minimum atomic E-state index is -0.720. The van der Waals surface area contributed by atoms with Crippen molar-refractivity contribution >= 4 is 46.1 Å². The molecule has 6 nitrogen and oxygen atoms in total. The Hall–Kier alpha value is -2.80. The second-order valence-corrected chi connectivity index (χ2v) is 8.12. The number of fused-ring (bicyclic) bond motifs is 1. The fourth-order valence-corrected chi connectivity index (χ4v) is 3.76. The summed E-state index contributed by atoms with van der Waals surface area (Å²) in [7, 11) is 0. The van der Waals surface area contributed by atoms with Gasteiger partial charge in [0.25, 0.3) is 5.91 Å². The van der Waals surface area contributed by atoms with Gasteiger partial charge in [-0.15, -0.1) is 0 Å². The molecule has 0 radical (unpaired) electrons. The van der Waals surface area contributed by atoms with Crippen LogP contribution in [0.5, 0.6) is 5.75 Å². The predicted octanol–water partition coefficient (Wildman–Crippen LogP) is 5.17. The minimum Gasteiger partial charge on any atom is -0.493 e. The maximum atomic E-state index is 11.6. The zero-order chi connectivity index (χ0) is 22.5. The van der Waals surface area contributed by atoms with Crippen LogP contribution in [-0.2, 0) is 14.4 Å². The Morgan fingerprint density at radius 2 is 1.58 bits per heavy atom. The molecule has 0 atom stereocenters. The largest absolute Gasteiger partial charge is 0.493 e. The average Bonchev–Trinajstić information content (AvgIpc) is 2.75. The van der Waals surface area contributed by atoms with Gasteiger partial charge in [0.2, 0.25) is 0 Å². The lowest BCUT2D eigenvalue weighted by Crippen LogP contribution is -2.11. The monoisotopic (exact) mass is 443 g/mol. The van der Waals surface area contributed by atoms with Gasteiger partial charge in [-0.25, -0.2) is 0 Å². The summed E-state index contributed by atoms with van der Waals surface area (Å²) in [6, 6.07) is 11.5. The molecule has 0 spiro atoms. The SMILES string of the molecule is NC(=O)/C(=C/c1ccc(OCCCCCCCCCC(=O)O)c2ccccc12)SC=O. The highest BCUT2D eigenvalue weighted by atomic mass is 32.2. The summed E-state index contributed by atoms with van der Waals surface area (Å²) < 4.78 is 6.01. The van der Waals surface area contributed by atoms with Crippen molar-refractivity contribution in [1.82, 2.24) is 0 Å². The van der Waals surface area contributed by atoms with Crippen LogP contribution in [0.4, 0.5) is 0 Å². The van der Waals surface area contributed by atoms with E-state index >= 15 is 0 Å². The van der Waals surface area contributed by atoms with Crippen LogP contribution in [0.15, 0.2) is 41.3 Å². The molecule has 2 rings (SSSR count). The fourth-order valence-electron chi connectivity index (χ4n) is 3.35. The number of amides is 1. The van der Waals surface area contributed by atoms with E-state index in [9.17, 15) is 14.4 Å². The highest BCUT2D eigenvalue weighted by Crippen LogP contribution is 2.31. The van der Waals surface area contributed by atoms with Crippen molar-refractivity contribution in [3.8, 4) is 5.75 Å². The van der Waals surface area contributed by atoms with Crippen molar-refractivity contribution in [3.05, 3.63) is 46.9 Å². The molecule has 2 aromatic rings. The Morgan fingerprint density at radius 3 is 2.23 bits per heavy atom. The summed E-state index contributed by atoms with van der Waals surface area (Å²) in [4.78, 5) is 33.0. The molecule has 166 valence electrons. The Balaban J connectivity index is 1.88. The number of hydrogen-bond acceptors (Lipinski definition) is 5. The lowest BCUT2D eigenvalue weighted by molar-refractivity contribution is -0.137. The van der Waals surface area contributed by atoms with E-state index in [4.69, 9.17) is 15.6 Å². The highest BCUT2D eigenvalue weighted by Gasteiger charge is 2.10. The summed E-state index contributed by atoms with van der Waals surface area (Å²) in [6.07, 6.45) is 8.94. The standard InChI is InChI=1S/C24H29NO5S/c25-24(29)22(31-17-26)16-18-13-14-21(20-11-8-7-10-19(18)20)30-15-9-5-3-1-2-4-6-12-23(27)28/h7-8,10-11,13-14,16-17H,1-6,9,12,15H2,(H2,25,29)(H,27,28)/b22-16-.